The average molecular weight is 256 g/mol. The van der Waals surface area contributed by atoms with Crippen LogP contribution in [-0.2, 0) is 0 Å². The summed E-state index contributed by atoms with van der Waals surface area (Å²) < 4.78 is 0. The lowest BCUT2D eigenvalue weighted by Gasteiger charge is -2.35. The molecule has 0 aromatic heterocycles. The molecule has 0 bridgehead atoms. The van der Waals surface area contributed by atoms with Gasteiger partial charge in [-0.05, 0) is 6.92 Å². The predicted octanol–water partition coefficient (Wildman–Crippen LogP) is 2.83. The van der Waals surface area contributed by atoms with Crippen molar-refractivity contribution in [3.05, 3.63) is 0 Å². The molecule has 92 valence electrons. The van der Waals surface area contributed by atoms with Gasteiger partial charge >= 0.3 is 0 Å². The van der Waals surface area contributed by atoms with Crippen molar-refractivity contribution in [1.29, 1.82) is 0 Å². The van der Waals surface area contributed by atoms with E-state index in [-0.39, 0.29) is 0 Å². The summed E-state index contributed by atoms with van der Waals surface area (Å²) in [5.74, 6) is 0. The minimum absolute atomic E-state index is 0.819. The Hall–Kier alpha value is -0.426. The zero-order valence-corrected chi connectivity index (χ0v) is 13.8. The monoisotopic (exact) mass is 255 g/mol. The molecule has 0 unspecified atom stereocenters. The molecule has 0 radical (unpaired) electrons. The smallest absolute Gasteiger partial charge is 0.125 e. The third kappa shape index (κ3) is 3.04. The first kappa shape index (κ1) is 13.6. The number of amidine groups is 2. The zero-order valence-electron chi connectivity index (χ0n) is 11.8. The van der Waals surface area contributed by atoms with Gasteiger partial charge in [-0.1, -0.05) is 39.3 Å². The lowest BCUT2D eigenvalue weighted by atomic mass is 10.6. The molecule has 0 N–H and O–H groups in total. The van der Waals surface area contributed by atoms with Crippen molar-refractivity contribution >= 4 is 27.1 Å². The highest BCUT2D eigenvalue weighted by atomic mass is 28.3. The third-order valence-electron chi connectivity index (χ3n) is 2.63. The van der Waals surface area contributed by atoms with Crippen molar-refractivity contribution in [1.82, 2.24) is 4.90 Å². The van der Waals surface area contributed by atoms with Gasteiger partial charge in [0.1, 0.15) is 28.3 Å². The van der Waals surface area contributed by atoms with Crippen LogP contribution in [0.4, 0.5) is 0 Å². The summed E-state index contributed by atoms with van der Waals surface area (Å²) in [7, 11) is -2.70. The van der Waals surface area contributed by atoms with E-state index in [1.807, 2.05) is 0 Å². The minimum Gasteiger partial charge on any atom is -0.345 e. The molecule has 0 atom stereocenters. The van der Waals surface area contributed by atoms with Crippen LogP contribution in [-0.4, -0.2) is 45.2 Å². The molecule has 16 heavy (non-hydrogen) atoms. The van der Waals surface area contributed by atoms with E-state index in [9.17, 15) is 0 Å². The minimum atomic E-state index is -1.36. The maximum atomic E-state index is 4.89. The Bertz CT molecular complexity index is 321. The van der Waals surface area contributed by atoms with Crippen molar-refractivity contribution in [2.24, 2.45) is 9.98 Å². The Labute approximate surface area is 102 Å². The van der Waals surface area contributed by atoms with Crippen molar-refractivity contribution in [2.75, 3.05) is 13.2 Å². The van der Waals surface area contributed by atoms with Gasteiger partial charge in [0.2, 0.25) is 0 Å². The van der Waals surface area contributed by atoms with E-state index in [2.05, 4.69) is 56.1 Å². The van der Waals surface area contributed by atoms with Gasteiger partial charge in [0, 0.05) is 6.54 Å². The molecule has 3 nitrogen and oxygen atoms in total. The number of hydrogen-bond donors (Lipinski definition) is 0. The van der Waals surface area contributed by atoms with Crippen molar-refractivity contribution in [3.8, 4) is 0 Å². The van der Waals surface area contributed by atoms with E-state index in [0.717, 1.165) is 18.7 Å². The van der Waals surface area contributed by atoms with Crippen LogP contribution in [0.15, 0.2) is 9.98 Å². The summed E-state index contributed by atoms with van der Waals surface area (Å²) in [6.07, 6.45) is 0. The molecule has 1 aliphatic heterocycles. The average Bonchev–Trinajstić information content (AvgIpc) is 2.14. The van der Waals surface area contributed by atoms with Gasteiger partial charge in [-0.15, -0.1) is 0 Å². The molecule has 0 saturated carbocycles. The number of nitrogens with zero attached hydrogens (tertiary/aromatic N) is 3. The number of aliphatic imine (C=N–C) groups is 2. The van der Waals surface area contributed by atoms with Crippen LogP contribution in [0.25, 0.3) is 0 Å². The summed E-state index contributed by atoms with van der Waals surface area (Å²) >= 11 is 0. The van der Waals surface area contributed by atoms with Gasteiger partial charge in [0.05, 0.1) is 5.46 Å². The number of rotatable bonds is 3. The first-order chi connectivity index (χ1) is 7.16. The van der Waals surface area contributed by atoms with Gasteiger partial charge in [-0.2, -0.15) is 0 Å². The van der Waals surface area contributed by atoms with Gasteiger partial charge in [0.25, 0.3) is 0 Å². The number of hydrogen-bond acceptors (Lipinski definition) is 3. The summed E-state index contributed by atoms with van der Waals surface area (Å²) in [6.45, 7) is 18.1. The Morgan fingerprint density at radius 3 is 2.00 bits per heavy atom. The summed E-state index contributed by atoms with van der Waals surface area (Å²) in [6, 6.07) is 0. The van der Waals surface area contributed by atoms with E-state index in [1.54, 1.807) is 0 Å². The van der Waals surface area contributed by atoms with E-state index in [1.165, 1.54) is 5.46 Å². The Morgan fingerprint density at radius 1 is 1.06 bits per heavy atom. The first-order valence-corrected chi connectivity index (χ1v) is 13.1. The van der Waals surface area contributed by atoms with Gasteiger partial charge in [-0.3, -0.25) is 4.99 Å². The molecule has 0 fully saturated rings. The van der Waals surface area contributed by atoms with Crippen LogP contribution in [0.5, 0.6) is 0 Å². The van der Waals surface area contributed by atoms with Crippen molar-refractivity contribution in [2.45, 2.75) is 46.2 Å². The predicted molar refractivity (Wildman–Crippen MR) is 78.8 cm³/mol. The molecular weight excluding hydrogens is 230 g/mol. The second-order valence-corrected chi connectivity index (χ2v) is 16.3. The van der Waals surface area contributed by atoms with Gasteiger partial charge in [-0.25, -0.2) is 4.99 Å². The second-order valence-electron chi connectivity index (χ2n) is 6.41. The highest BCUT2D eigenvalue weighted by molar-refractivity contribution is 7.08. The lowest BCUT2D eigenvalue weighted by molar-refractivity contribution is 0.457. The van der Waals surface area contributed by atoms with E-state index < -0.39 is 16.1 Å². The fourth-order valence-electron chi connectivity index (χ4n) is 1.72. The SMILES string of the molecule is CCN1CN=C([Si](C)(C)C)N=C1[Si](C)(C)C. The second kappa shape index (κ2) is 4.45. The molecule has 0 aromatic carbocycles. The summed E-state index contributed by atoms with van der Waals surface area (Å²) in [5, 5.41) is 0. The lowest BCUT2D eigenvalue weighted by Crippen LogP contribution is -2.51. The molecule has 0 amide bonds. The quantitative estimate of drug-likeness (QED) is 0.713. The normalized spacial score (nSPS) is 18.3. The molecular formula is C11H25N3Si2. The standard InChI is InChI=1S/C11H25N3Si2/c1-8-14-9-12-10(15(2,3)4)13-11(14)16(5,6)7/h8-9H2,1-7H3. The fourth-order valence-corrected chi connectivity index (χ4v) is 4.44. The van der Waals surface area contributed by atoms with Crippen LogP contribution in [0.1, 0.15) is 6.92 Å². The molecule has 0 spiro atoms. The Kier molecular flexibility index (Phi) is 3.79. The van der Waals surface area contributed by atoms with Gasteiger partial charge in [0.15, 0.2) is 0 Å². The topological polar surface area (TPSA) is 28.0 Å². The molecule has 0 aromatic rings. The third-order valence-corrected chi connectivity index (χ3v) is 6.01. The van der Waals surface area contributed by atoms with Crippen molar-refractivity contribution in [3.63, 3.8) is 0 Å². The molecule has 5 heteroatoms. The van der Waals surface area contributed by atoms with Crippen LogP contribution >= 0.6 is 0 Å². The van der Waals surface area contributed by atoms with Crippen LogP contribution in [0.3, 0.4) is 0 Å². The van der Waals surface area contributed by atoms with Crippen LogP contribution < -0.4 is 0 Å². The molecule has 0 saturated heterocycles. The van der Waals surface area contributed by atoms with E-state index in [4.69, 9.17) is 4.99 Å². The van der Waals surface area contributed by atoms with E-state index >= 15 is 0 Å². The largest absolute Gasteiger partial charge is 0.345 e. The molecule has 1 heterocycles. The van der Waals surface area contributed by atoms with Crippen molar-refractivity contribution < 1.29 is 0 Å². The van der Waals surface area contributed by atoms with Gasteiger partial charge < -0.3 is 4.90 Å². The van der Waals surface area contributed by atoms with Crippen LogP contribution in [0, 0.1) is 0 Å². The maximum Gasteiger partial charge on any atom is 0.125 e. The zero-order chi connectivity index (χ0) is 12.6. The summed E-state index contributed by atoms with van der Waals surface area (Å²) in [4.78, 5) is 11.9. The highest BCUT2D eigenvalue weighted by Gasteiger charge is 2.32. The summed E-state index contributed by atoms with van der Waals surface area (Å²) in [5.41, 5.74) is 2.48. The molecule has 1 aliphatic rings. The first-order valence-electron chi connectivity index (χ1n) is 6.05. The fraction of sp³-hybridized carbons (Fsp3) is 0.818. The Morgan fingerprint density at radius 2 is 1.62 bits per heavy atom. The highest BCUT2D eigenvalue weighted by Crippen LogP contribution is 2.16. The molecule has 1 rings (SSSR count). The maximum absolute atomic E-state index is 4.89. The van der Waals surface area contributed by atoms with Crippen LogP contribution in [0.2, 0.25) is 39.3 Å². The Balaban J connectivity index is 3.08. The molecule has 0 aliphatic carbocycles. The van der Waals surface area contributed by atoms with E-state index in [0.29, 0.717) is 0 Å².